The molecule has 0 aliphatic rings. The van der Waals surface area contributed by atoms with Gasteiger partial charge in [-0.3, -0.25) is 9.59 Å². The molecule has 0 amide bonds. The summed E-state index contributed by atoms with van der Waals surface area (Å²) in [6.45, 7) is 2.13. The number of unbranched alkanes of at least 4 members (excludes halogenated alkanes) is 5. The average Bonchev–Trinajstić information content (AvgIpc) is 2.26. The Hall–Kier alpha value is -1.10. The van der Waals surface area contributed by atoms with E-state index < -0.39 is 30.4 Å². The highest BCUT2D eigenvalue weighted by atomic mass is 16.4. The van der Waals surface area contributed by atoms with Crippen LogP contribution in [-0.4, -0.2) is 33.4 Å². The molecule has 0 saturated heterocycles. The highest BCUT2D eigenvalue weighted by Gasteiger charge is 2.27. The minimum absolute atomic E-state index is 0.343. The van der Waals surface area contributed by atoms with E-state index in [1.165, 1.54) is 6.42 Å². The van der Waals surface area contributed by atoms with E-state index in [1.54, 1.807) is 0 Å². The third-order valence-electron chi connectivity index (χ3n) is 3.03. The first-order valence-corrected chi connectivity index (χ1v) is 6.61. The number of aliphatic hydroxyl groups is 1. The quantitative estimate of drug-likeness (QED) is 0.495. The molecule has 2 atom stereocenters. The molecule has 0 aromatic rings. The average molecular weight is 260 g/mol. The van der Waals surface area contributed by atoms with Gasteiger partial charge >= 0.3 is 11.9 Å². The van der Waals surface area contributed by atoms with E-state index in [0.29, 0.717) is 6.42 Å². The van der Waals surface area contributed by atoms with Gasteiger partial charge in [0.2, 0.25) is 0 Å². The second kappa shape index (κ2) is 9.88. The van der Waals surface area contributed by atoms with Gasteiger partial charge in [-0.2, -0.15) is 0 Å². The molecule has 0 fully saturated rings. The van der Waals surface area contributed by atoms with E-state index in [4.69, 9.17) is 10.2 Å². The summed E-state index contributed by atoms with van der Waals surface area (Å²) in [6, 6.07) is 0. The van der Waals surface area contributed by atoms with Crippen LogP contribution in [0, 0.1) is 5.92 Å². The largest absolute Gasteiger partial charge is 0.481 e. The lowest BCUT2D eigenvalue weighted by molar-refractivity contribution is -0.148. The Morgan fingerprint density at radius 1 is 1.00 bits per heavy atom. The molecule has 18 heavy (non-hydrogen) atoms. The molecule has 0 saturated carbocycles. The fourth-order valence-corrected chi connectivity index (χ4v) is 1.95. The molecule has 5 nitrogen and oxygen atoms in total. The van der Waals surface area contributed by atoms with Crippen LogP contribution in [0.4, 0.5) is 0 Å². The molecule has 5 heteroatoms. The number of carboxylic acids is 2. The zero-order valence-electron chi connectivity index (χ0n) is 11.0. The topological polar surface area (TPSA) is 94.8 Å². The van der Waals surface area contributed by atoms with Crippen LogP contribution >= 0.6 is 0 Å². The number of hydrogen-bond acceptors (Lipinski definition) is 3. The van der Waals surface area contributed by atoms with Gasteiger partial charge in [0.05, 0.1) is 18.4 Å². The normalized spacial score (nSPS) is 14.1. The third kappa shape index (κ3) is 8.06. The van der Waals surface area contributed by atoms with Crippen molar-refractivity contribution in [3.8, 4) is 0 Å². The summed E-state index contributed by atoms with van der Waals surface area (Å²) in [6.07, 6.45) is 4.75. The van der Waals surface area contributed by atoms with E-state index in [-0.39, 0.29) is 0 Å². The lowest BCUT2D eigenvalue weighted by atomic mass is 9.93. The van der Waals surface area contributed by atoms with Crippen LogP contribution in [0.2, 0.25) is 0 Å². The van der Waals surface area contributed by atoms with Crippen molar-refractivity contribution in [2.75, 3.05) is 0 Å². The number of rotatable bonds is 11. The van der Waals surface area contributed by atoms with Gasteiger partial charge in [0.15, 0.2) is 0 Å². The van der Waals surface area contributed by atoms with E-state index in [2.05, 4.69) is 6.92 Å². The van der Waals surface area contributed by atoms with Crippen molar-refractivity contribution in [1.29, 1.82) is 0 Å². The molecule has 0 aliphatic carbocycles. The minimum atomic E-state index is -1.30. The summed E-state index contributed by atoms with van der Waals surface area (Å²) in [4.78, 5) is 21.4. The molecule has 0 radical (unpaired) electrons. The van der Waals surface area contributed by atoms with Gasteiger partial charge in [-0.15, -0.1) is 0 Å². The summed E-state index contributed by atoms with van der Waals surface area (Å²) < 4.78 is 0. The van der Waals surface area contributed by atoms with E-state index in [1.807, 2.05) is 0 Å². The van der Waals surface area contributed by atoms with Crippen molar-refractivity contribution < 1.29 is 24.9 Å². The van der Waals surface area contributed by atoms with Gasteiger partial charge in [0.25, 0.3) is 0 Å². The molecular formula is C13H24O5. The van der Waals surface area contributed by atoms with Crippen LogP contribution in [0.25, 0.3) is 0 Å². The first kappa shape index (κ1) is 16.9. The van der Waals surface area contributed by atoms with Crippen molar-refractivity contribution in [2.45, 2.75) is 64.4 Å². The molecule has 0 aromatic carbocycles. The zero-order valence-corrected chi connectivity index (χ0v) is 11.0. The number of hydrogen-bond donors (Lipinski definition) is 3. The zero-order chi connectivity index (χ0) is 14.0. The summed E-state index contributed by atoms with van der Waals surface area (Å²) in [7, 11) is 0. The van der Waals surface area contributed by atoms with Crippen LogP contribution in [0.1, 0.15) is 58.3 Å². The standard InChI is InChI=1S/C13H24O5/c1-2-3-4-5-6-7-8-10(13(17)18)11(14)9-12(15)16/h10-11,14H,2-9H2,1H3,(H,15,16)(H,17,18)/t10-,11+/m1/s1. The Labute approximate surface area is 108 Å². The van der Waals surface area contributed by atoms with Gasteiger partial charge in [-0.25, -0.2) is 0 Å². The van der Waals surface area contributed by atoms with Crippen LogP contribution in [0.15, 0.2) is 0 Å². The Balaban J connectivity index is 3.90. The van der Waals surface area contributed by atoms with E-state index in [9.17, 15) is 14.7 Å². The lowest BCUT2D eigenvalue weighted by Crippen LogP contribution is -2.30. The Kier molecular flexibility index (Phi) is 9.28. The Bertz CT molecular complexity index is 252. The molecule has 106 valence electrons. The first-order chi connectivity index (χ1) is 8.49. The fourth-order valence-electron chi connectivity index (χ4n) is 1.95. The minimum Gasteiger partial charge on any atom is -0.481 e. The van der Waals surface area contributed by atoms with Crippen molar-refractivity contribution in [2.24, 2.45) is 5.92 Å². The maximum atomic E-state index is 10.9. The van der Waals surface area contributed by atoms with Gasteiger partial charge in [-0.05, 0) is 6.42 Å². The summed E-state index contributed by atoms with van der Waals surface area (Å²) in [5, 5.41) is 27.0. The van der Waals surface area contributed by atoms with Crippen LogP contribution < -0.4 is 0 Å². The van der Waals surface area contributed by atoms with Crippen molar-refractivity contribution in [3.05, 3.63) is 0 Å². The number of carboxylic acid groups (broad SMARTS) is 2. The van der Waals surface area contributed by atoms with E-state index >= 15 is 0 Å². The number of aliphatic carboxylic acids is 2. The second-order valence-electron chi connectivity index (χ2n) is 4.67. The molecule has 0 heterocycles. The van der Waals surface area contributed by atoms with Gasteiger partial charge in [0.1, 0.15) is 0 Å². The molecule has 0 aliphatic heterocycles. The Morgan fingerprint density at radius 2 is 1.56 bits per heavy atom. The van der Waals surface area contributed by atoms with Gasteiger partial charge < -0.3 is 15.3 Å². The molecule has 0 unspecified atom stereocenters. The van der Waals surface area contributed by atoms with Gasteiger partial charge in [-0.1, -0.05) is 45.4 Å². The maximum Gasteiger partial charge on any atom is 0.309 e. The van der Waals surface area contributed by atoms with Gasteiger partial charge in [0, 0.05) is 0 Å². The molecule has 0 bridgehead atoms. The summed E-state index contributed by atoms with van der Waals surface area (Å²) in [5.41, 5.74) is 0. The molecular weight excluding hydrogens is 236 g/mol. The van der Waals surface area contributed by atoms with Crippen molar-refractivity contribution in [3.63, 3.8) is 0 Å². The molecule has 0 spiro atoms. The highest BCUT2D eigenvalue weighted by Crippen LogP contribution is 2.18. The smallest absolute Gasteiger partial charge is 0.309 e. The summed E-state index contributed by atoms with van der Waals surface area (Å²) >= 11 is 0. The van der Waals surface area contributed by atoms with Crippen LogP contribution in [-0.2, 0) is 9.59 Å². The van der Waals surface area contributed by atoms with Crippen molar-refractivity contribution >= 4 is 11.9 Å². The summed E-state index contributed by atoms with van der Waals surface area (Å²) in [5.74, 6) is -3.25. The van der Waals surface area contributed by atoms with Crippen LogP contribution in [0.3, 0.4) is 0 Å². The Morgan fingerprint density at radius 3 is 2.06 bits per heavy atom. The highest BCUT2D eigenvalue weighted by molar-refractivity contribution is 5.73. The third-order valence-corrected chi connectivity index (χ3v) is 3.03. The first-order valence-electron chi connectivity index (χ1n) is 6.61. The van der Waals surface area contributed by atoms with Crippen LogP contribution in [0.5, 0.6) is 0 Å². The number of carbonyl (C=O) groups is 2. The predicted molar refractivity (Wildman–Crippen MR) is 67.4 cm³/mol. The SMILES string of the molecule is CCCCCCCC[C@@H](C(=O)O)[C@@H](O)CC(=O)O. The predicted octanol–water partition coefficient (Wildman–Crippen LogP) is 2.27. The molecule has 0 rings (SSSR count). The number of aliphatic hydroxyl groups excluding tert-OH is 1. The monoisotopic (exact) mass is 260 g/mol. The van der Waals surface area contributed by atoms with E-state index in [0.717, 1.165) is 32.1 Å². The molecule has 3 N–H and O–H groups in total. The van der Waals surface area contributed by atoms with Crippen molar-refractivity contribution in [1.82, 2.24) is 0 Å². The fraction of sp³-hybridized carbons (Fsp3) is 0.846. The lowest BCUT2D eigenvalue weighted by Gasteiger charge is -2.17. The second-order valence-corrected chi connectivity index (χ2v) is 4.67. The maximum absolute atomic E-state index is 10.9. The molecule has 0 aromatic heterocycles.